The van der Waals surface area contributed by atoms with Crippen molar-refractivity contribution in [3.8, 4) is 0 Å². The molecule has 0 aromatic carbocycles. The van der Waals surface area contributed by atoms with Gasteiger partial charge in [0.15, 0.2) is 0 Å². The molecule has 0 fully saturated rings. The van der Waals surface area contributed by atoms with Crippen LogP contribution in [0, 0.1) is 5.92 Å². The summed E-state index contributed by atoms with van der Waals surface area (Å²) in [6.07, 6.45) is 4.35. The lowest BCUT2D eigenvalue weighted by Gasteiger charge is -2.09. The van der Waals surface area contributed by atoms with Crippen LogP contribution in [0.1, 0.15) is 5.56 Å². The molecule has 1 heterocycles. The van der Waals surface area contributed by atoms with E-state index in [2.05, 4.69) is 4.98 Å². The third-order valence-electron chi connectivity index (χ3n) is 1.84. The topological polar surface area (TPSA) is 59.1 Å². The van der Waals surface area contributed by atoms with E-state index < -0.39 is 0 Å². The number of aliphatic hydroxyl groups is 1. The van der Waals surface area contributed by atoms with Crippen molar-refractivity contribution in [2.75, 3.05) is 13.2 Å². The van der Waals surface area contributed by atoms with Crippen LogP contribution in [-0.2, 0) is 6.42 Å². The molecule has 3 heteroatoms. The van der Waals surface area contributed by atoms with Gasteiger partial charge in [-0.3, -0.25) is 4.98 Å². The van der Waals surface area contributed by atoms with Crippen LogP contribution in [0.15, 0.2) is 24.5 Å². The quantitative estimate of drug-likeness (QED) is 0.671. The van der Waals surface area contributed by atoms with Crippen molar-refractivity contribution in [1.82, 2.24) is 4.98 Å². The van der Waals surface area contributed by atoms with Crippen LogP contribution in [0.5, 0.6) is 0 Å². The summed E-state index contributed by atoms with van der Waals surface area (Å²) in [6.45, 7) is 0.663. The Balaban J connectivity index is 2.51. The highest BCUT2D eigenvalue weighted by Crippen LogP contribution is 2.05. The Morgan fingerprint density at radius 2 is 2.42 bits per heavy atom. The standard InChI is InChI=1S/C9H14N2O/c10-5-9(7-12)4-8-2-1-3-11-6-8/h1-3,6,9,12H,4-5,7,10H2/t9-/m1/s1. The number of aliphatic hydroxyl groups excluding tert-OH is 1. The number of nitrogens with zero attached hydrogens (tertiary/aromatic N) is 1. The molecule has 12 heavy (non-hydrogen) atoms. The lowest BCUT2D eigenvalue weighted by Crippen LogP contribution is -2.20. The van der Waals surface area contributed by atoms with E-state index in [9.17, 15) is 0 Å². The largest absolute Gasteiger partial charge is 0.396 e. The monoisotopic (exact) mass is 166 g/mol. The maximum Gasteiger partial charge on any atom is 0.0474 e. The smallest absolute Gasteiger partial charge is 0.0474 e. The first kappa shape index (κ1) is 9.16. The number of pyridine rings is 1. The summed E-state index contributed by atoms with van der Waals surface area (Å²) < 4.78 is 0. The van der Waals surface area contributed by atoms with Crippen LogP contribution < -0.4 is 5.73 Å². The summed E-state index contributed by atoms with van der Waals surface area (Å²) in [6, 6.07) is 3.88. The maximum atomic E-state index is 8.89. The molecular weight excluding hydrogens is 152 g/mol. The van der Waals surface area contributed by atoms with Crippen molar-refractivity contribution in [1.29, 1.82) is 0 Å². The Bertz CT molecular complexity index is 209. The number of aromatic nitrogens is 1. The molecule has 0 aliphatic heterocycles. The molecule has 0 saturated carbocycles. The van der Waals surface area contributed by atoms with Gasteiger partial charge in [-0.15, -0.1) is 0 Å². The molecule has 0 bridgehead atoms. The highest BCUT2D eigenvalue weighted by molar-refractivity contribution is 5.09. The summed E-state index contributed by atoms with van der Waals surface area (Å²) in [5.41, 5.74) is 6.58. The van der Waals surface area contributed by atoms with Crippen molar-refractivity contribution in [2.45, 2.75) is 6.42 Å². The second-order valence-corrected chi connectivity index (χ2v) is 2.85. The number of rotatable bonds is 4. The Kier molecular flexibility index (Phi) is 3.70. The van der Waals surface area contributed by atoms with E-state index in [1.807, 2.05) is 12.1 Å². The molecule has 3 N–H and O–H groups in total. The fraction of sp³-hybridized carbons (Fsp3) is 0.444. The summed E-state index contributed by atoms with van der Waals surface area (Å²) in [7, 11) is 0. The Morgan fingerprint density at radius 3 is 2.92 bits per heavy atom. The van der Waals surface area contributed by atoms with Crippen molar-refractivity contribution in [2.24, 2.45) is 11.7 Å². The van der Waals surface area contributed by atoms with Gasteiger partial charge in [-0.2, -0.15) is 0 Å². The predicted octanol–water partition coefficient (Wildman–Crippen LogP) is 0.191. The van der Waals surface area contributed by atoms with E-state index >= 15 is 0 Å². The van der Waals surface area contributed by atoms with Crippen LogP contribution in [0.4, 0.5) is 0 Å². The highest BCUT2D eigenvalue weighted by atomic mass is 16.3. The van der Waals surface area contributed by atoms with Gasteiger partial charge in [0.2, 0.25) is 0 Å². The van der Waals surface area contributed by atoms with Gasteiger partial charge in [-0.25, -0.2) is 0 Å². The molecule has 1 rings (SSSR count). The molecule has 0 spiro atoms. The Morgan fingerprint density at radius 1 is 1.58 bits per heavy atom. The van der Waals surface area contributed by atoms with Crippen molar-refractivity contribution in [3.63, 3.8) is 0 Å². The zero-order valence-electron chi connectivity index (χ0n) is 6.98. The van der Waals surface area contributed by atoms with Crippen molar-refractivity contribution < 1.29 is 5.11 Å². The van der Waals surface area contributed by atoms with E-state index in [1.54, 1.807) is 12.4 Å². The average Bonchev–Trinajstić information content (AvgIpc) is 2.16. The van der Waals surface area contributed by atoms with Gasteiger partial charge in [0.05, 0.1) is 0 Å². The summed E-state index contributed by atoms with van der Waals surface area (Å²) >= 11 is 0. The number of hydrogen-bond donors (Lipinski definition) is 2. The first-order chi connectivity index (χ1) is 5.86. The first-order valence-electron chi connectivity index (χ1n) is 4.06. The third kappa shape index (κ3) is 2.60. The Labute approximate surface area is 72.2 Å². The lowest BCUT2D eigenvalue weighted by atomic mass is 10.0. The van der Waals surface area contributed by atoms with Crippen LogP contribution in [0.25, 0.3) is 0 Å². The molecule has 1 aromatic rings. The summed E-state index contributed by atoms with van der Waals surface area (Å²) in [5, 5.41) is 8.89. The highest BCUT2D eigenvalue weighted by Gasteiger charge is 2.05. The molecule has 0 radical (unpaired) electrons. The second-order valence-electron chi connectivity index (χ2n) is 2.85. The number of nitrogens with two attached hydrogens (primary N) is 1. The normalized spacial score (nSPS) is 12.8. The van der Waals surface area contributed by atoms with E-state index in [-0.39, 0.29) is 12.5 Å². The first-order valence-corrected chi connectivity index (χ1v) is 4.06. The maximum absolute atomic E-state index is 8.89. The molecule has 0 saturated heterocycles. The molecule has 1 atom stereocenters. The third-order valence-corrected chi connectivity index (χ3v) is 1.84. The molecule has 0 aliphatic rings. The Hall–Kier alpha value is -0.930. The number of hydrogen-bond acceptors (Lipinski definition) is 3. The van der Waals surface area contributed by atoms with E-state index in [0.717, 1.165) is 12.0 Å². The average molecular weight is 166 g/mol. The van der Waals surface area contributed by atoms with E-state index in [0.29, 0.717) is 6.54 Å². The SMILES string of the molecule is NC[C@H](CO)Cc1cccnc1. The van der Waals surface area contributed by atoms with Crippen LogP contribution in [-0.4, -0.2) is 23.2 Å². The molecule has 0 aliphatic carbocycles. The van der Waals surface area contributed by atoms with Gasteiger partial charge >= 0.3 is 0 Å². The second kappa shape index (κ2) is 4.85. The van der Waals surface area contributed by atoms with Gasteiger partial charge in [0.25, 0.3) is 0 Å². The van der Waals surface area contributed by atoms with Crippen LogP contribution in [0.2, 0.25) is 0 Å². The van der Waals surface area contributed by atoms with Crippen LogP contribution in [0.3, 0.4) is 0 Å². The zero-order valence-corrected chi connectivity index (χ0v) is 6.98. The fourth-order valence-corrected chi connectivity index (χ4v) is 1.07. The van der Waals surface area contributed by atoms with Crippen molar-refractivity contribution in [3.05, 3.63) is 30.1 Å². The van der Waals surface area contributed by atoms with Gasteiger partial charge in [0, 0.05) is 19.0 Å². The van der Waals surface area contributed by atoms with Gasteiger partial charge in [-0.1, -0.05) is 6.07 Å². The zero-order chi connectivity index (χ0) is 8.81. The molecular formula is C9H14N2O. The molecule has 0 amide bonds. The van der Waals surface area contributed by atoms with Crippen molar-refractivity contribution >= 4 is 0 Å². The molecule has 0 unspecified atom stereocenters. The minimum Gasteiger partial charge on any atom is -0.396 e. The molecule has 66 valence electrons. The van der Waals surface area contributed by atoms with E-state index in [4.69, 9.17) is 10.8 Å². The van der Waals surface area contributed by atoms with Gasteiger partial charge in [0.1, 0.15) is 0 Å². The molecule has 1 aromatic heterocycles. The fourth-order valence-electron chi connectivity index (χ4n) is 1.07. The summed E-state index contributed by atoms with van der Waals surface area (Å²) in [5.74, 6) is 0.161. The van der Waals surface area contributed by atoms with E-state index in [1.165, 1.54) is 0 Å². The predicted molar refractivity (Wildman–Crippen MR) is 47.6 cm³/mol. The lowest BCUT2D eigenvalue weighted by molar-refractivity contribution is 0.229. The van der Waals surface area contributed by atoms with Gasteiger partial charge < -0.3 is 10.8 Å². The minimum atomic E-state index is 0.144. The summed E-state index contributed by atoms with van der Waals surface area (Å²) in [4.78, 5) is 3.98. The molecule has 3 nitrogen and oxygen atoms in total. The van der Waals surface area contributed by atoms with Gasteiger partial charge in [-0.05, 0) is 30.5 Å². The minimum absolute atomic E-state index is 0.144. The van der Waals surface area contributed by atoms with Crippen LogP contribution >= 0.6 is 0 Å².